The monoisotopic (exact) mass is 421 g/mol. The Morgan fingerprint density at radius 3 is 2.17 bits per heavy atom. The molecule has 0 saturated carbocycles. The molecule has 9 nitrogen and oxygen atoms in total. The van der Waals surface area contributed by atoms with Gasteiger partial charge in [-0.15, -0.1) is 0 Å². The summed E-state index contributed by atoms with van der Waals surface area (Å²) in [4.78, 5) is 47.6. The average Bonchev–Trinajstić information content (AvgIpc) is 2.73. The molecule has 0 aliphatic carbocycles. The number of methoxy groups -OCH3 is 1. The molecule has 0 unspecified atom stereocenters. The van der Waals surface area contributed by atoms with Crippen molar-refractivity contribution in [3.63, 3.8) is 0 Å². The fourth-order valence-electron chi connectivity index (χ4n) is 2.48. The van der Waals surface area contributed by atoms with E-state index < -0.39 is 30.5 Å². The molecule has 0 heterocycles. The van der Waals surface area contributed by atoms with E-state index in [-0.39, 0.29) is 23.6 Å². The zero-order chi connectivity index (χ0) is 22.7. The van der Waals surface area contributed by atoms with E-state index >= 15 is 0 Å². The van der Waals surface area contributed by atoms with E-state index in [1.54, 1.807) is 24.3 Å². The Labute approximate surface area is 176 Å². The molecule has 0 aliphatic rings. The van der Waals surface area contributed by atoms with Crippen LogP contribution < -0.4 is 16.0 Å². The highest BCUT2D eigenvalue weighted by molar-refractivity contribution is 5.92. The van der Waals surface area contributed by atoms with Gasteiger partial charge >= 0.3 is 18.0 Å². The predicted octanol–water partition coefficient (Wildman–Crippen LogP) is 1.75. The Morgan fingerprint density at radius 2 is 1.63 bits per heavy atom. The van der Waals surface area contributed by atoms with Gasteiger partial charge in [0.05, 0.1) is 12.7 Å². The summed E-state index contributed by atoms with van der Waals surface area (Å²) in [5, 5.41) is 7.96. The van der Waals surface area contributed by atoms with Gasteiger partial charge in [-0.05, 0) is 37.5 Å². The second-order valence-electron chi connectivity index (χ2n) is 7.21. The number of hydrogen-bond donors (Lipinski definition) is 3. The van der Waals surface area contributed by atoms with Crippen LogP contribution in [0, 0.1) is 5.92 Å². The van der Waals surface area contributed by atoms with Crippen molar-refractivity contribution >= 4 is 23.9 Å². The maximum Gasteiger partial charge on any atom is 0.338 e. The van der Waals surface area contributed by atoms with Crippen molar-refractivity contribution in [2.45, 2.75) is 52.7 Å². The lowest BCUT2D eigenvalue weighted by molar-refractivity contribution is -0.147. The summed E-state index contributed by atoms with van der Waals surface area (Å²) in [6.07, 6.45) is 0.667. The highest BCUT2D eigenvalue weighted by Crippen LogP contribution is 2.10. The first kappa shape index (κ1) is 24.9. The van der Waals surface area contributed by atoms with Crippen molar-refractivity contribution in [3.05, 3.63) is 35.4 Å². The zero-order valence-corrected chi connectivity index (χ0v) is 18.1. The van der Waals surface area contributed by atoms with Crippen LogP contribution in [0.4, 0.5) is 4.79 Å². The van der Waals surface area contributed by atoms with Crippen LogP contribution >= 0.6 is 0 Å². The van der Waals surface area contributed by atoms with Crippen molar-refractivity contribution in [1.29, 1.82) is 0 Å². The summed E-state index contributed by atoms with van der Waals surface area (Å²) in [7, 11) is 1.25. The smallest absolute Gasteiger partial charge is 0.338 e. The van der Waals surface area contributed by atoms with Crippen LogP contribution in [0.1, 0.15) is 50.0 Å². The third-order valence-electron chi connectivity index (χ3n) is 4.38. The number of carbonyl (C=O) groups is 4. The molecule has 0 aromatic heterocycles. The molecule has 0 fully saturated rings. The fraction of sp³-hybridized carbons (Fsp3) is 0.524. The lowest BCUT2D eigenvalue weighted by Crippen LogP contribution is -2.47. The number of rotatable bonds is 10. The third kappa shape index (κ3) is 8.50. The molecule has 1 rings (SSSR count). The Balaban J connectivity index is 2.53. The Morgan fingerprint density at radius 1 is 1.00 bits per heavy atom. The number of hydrogen-bond acceptors (Lipinski definition) is 6. The molecule has 0 saturated heterocycles. The Bertz CT molecular complexity index is 733. The predicted molar refractivity (Wildman–Crippen MR) is 111 cm³/mol. The molecule has 0 radical (unpaired) electrons. The molecule has 9 heteroatoms. The van der Waals surface area contributed by atoms with Crippen LogP contribution in [-0.4, -0.2) is 49.7 Å². The minimum Gasteiger partial charge on any atom is -0.467 e. The number of urea groups is 1. The number of benzene rings is 1. The van der Waals surface area contributed by atoms with Crippen molar-refractivity contribution in [2.24, 2.45) is 5.92 Å². The minimum absolute atomic E-state index is 0.0347. The van der Waals surface area contributed by atoms with Gasteiger partial charge in [-0.3, -0.25) is 4.79 Å². The molecule has 30 heavy (non-hydrogen) atoms. The molecule has 1 aromatic rings. The number of nitrogens with one attached hydrogen (secondary N) is 3. The molecule has 1 aromatic carbocycles. The molecule has 2 atom stereocenters. The van der Waals surface area contributed by atoms with E-state index in [1.807, 2.05) is 27.7 Å². The number of ether oxygens (including phenoxy) is 2. The first-order valence-electron chi connectivity index (χ1n) is 9.85. The minimum atomic E-state index is -0.800. The first-order valence-corrected chi connectivity index (χ1v) is 9.85. The molecular weight excluding hydrogens is 390 g/mol. The third-order valence-corrected chi connectivity index (χ3v) is 4.38. The first-order chi connectivity index (χ1) is 14.2. The van der Waals surface area contributed by atoms with Crippen LogP contribution in [0.5, 0.6) is 0 Å². The largest absolute Gasteiger partial charge is 0.467 e. The molecule has 3 amide bonds. The maximum absolute atomic E-state index is 12.1. The Hall–Kier alpha value is -3.10. The van der Waals surface area contributed by atoms with E-state index in [9.17, 15) is 19.2 Å². The summed E-state index contributed by atoms with van der Waals surface area (Å²) in [6.45, 7) is 7.22. The zero-order valence-electron chi connectivity index (χ0n) is 18.1. The maximum atomic E-state index is 12.1. The molecule has 166 valence electrons. The second kappa shape index (κ2) is 12.5. The molecule has 0 aliphatic heterocycles. The van der Waals surface area contributed by atoms with Crippen molar-refractivity contribution < 1.29 is 28.7 Å². The van der Waals surface area contributed by atoms with Crippen LogP contribution in [0.2, 0.25) is 0 Å². The van der Waals surface area contributed by atoms with Gasteiger partial charge in [0.1, 0.15) is 6.04 Å². The SMILES string of the molecule is CC[C@@H](C)[C@@H](NC(=O)COC(=O)c1ccc(CNC(=O)NC(C)C)cc1)C(=O)OC. The van der Waals surface area contributed by atoms with Gasteiger partial charge in [0.2, 0.25) is 0 Å². The molecular formula is C21H31N3O6. The van der Waals surface area contributed by atoms with Gasteiger partial charge in [0.15, 0.2) is 6.61 Å². The number of carbonyl (C=O) groups excluding carboxylic acids is 4. The van der Waals surface area contributed by atoms with Crippen LogP contribution in [0.3, 0.4) is 0 Å². The van der Waals surface area contributed by atoms with E-state index in [1.165, 1.54) is 7.11 Å². The van der Waals surface area contributed by atoms with Gasteiger partial charge in [-0.1, -0.05) is 32.4 Å². The van der Waals surface area contributed by atoms with E-state index in [0.29, 0.717) is 13.0 Å². The van der Waals surface area contributed by atoms with Gasteiger partial charge in [0, 0.05) is 12.6 Å². The van der Waals surface area contributed by atoms with Gasteiger partial charge < -0.3 is 25.4 Å². The van der Waals surface area contributed by atoms with Crippen LogP contribution in [0.25, 0.3) is 0 Å². The highest BCUT2D eigenvalue weighted by Gasteiger charge is 2.27. The molecule has 0 spiro atoms. The van der Waals surface area contributed by atoms with Crippen LogP contribution in [-0.2, 0) is 25.6 Å². The topological polar surface area (TPSA) is 123 Å². The Kier molecular flexibility index (Phi) is 10.4. The van der Waals surface area contributed by atoms with Crippen LogP contribution in [0.15, 0.2) is 24.3 Å². The molecule has 3 N–H and O–H groups in total. The summed E-state index contributed by atoms with van der Waals surface area (Å²) in [5.74, 6) is -1.92. The van der Waals surface area contributed by atoms with Gasteiger partial charge in [-0.25, -0.2) is 14.4 Å². The van der Waals surface area contributed by atoms with Crippen molar-refractivity contribution in [1.82, 2.24) is 16.0 Å². The fourth-order valence-corrected chi connectivity index (χ4v) is 2.48. The lowest BCUT2D eigenvalue weighted by atomic mass is 9.99. The standard InChI is InChI=1S/C21H31N3O6/c1-6-14(4)18(20(27)29-5)24-17(25)12-30-19(26)16-9-7-15(8-10-16)11-22-21(28)23-13(2)3/h7-10,13-14,18H,6,11-12H2,1-5H3,(H,24,25)(H2,22,23,28)/t14-,18-/m1/s1. The second-order valence-corrected chi connectivity index (χ2v) is 7.21. The number of esters is 2. The van der Waals surface area contributed by atoms with E-state index in [0.717, 1.165) is 5.56 Å². The van der Waals surface area contributed by atoms with Gasteiger partial charge in [-0.2, -0.15) is 0 Å². The summed E-state index contributed by atoms with van der Waals surface area (Å²) in [6, 6.07) is 5.42. The van der Waals surface area contributed by atoms with Gasteiger partial charge in [0.25, 0.3) is 5.91 Å². The number of amides is 3. The van der Waals surface area contributed by atoms with Crippen molar-refractivity contribution in [3.8, 4) is 0 Å². The summed E-state index contributed by atoms with van der Waals surface area (Å²) >= 11 is 0. The highest BCUT2D eigenvalue weighted by atomic mass is 16.5. The summed E-state index contributed by atoms with van der Waals surface area (Å²) < 4.78 is 9.72. The van der Waals surface area contributed by atoms with Crippen molar-refractivity contribution in [2.75, 3.05) is 13.7 Å². The summed E-state index contributed by atoms with van der Waals surface area (Å²) in [5.41, 5.74) is 1.07. The van der Waals surface area contributed by atoms with E-state index in [2.05, 4.69) is 16.0 Å². The lowest BCUT2D eigenvalue weighted by Gasteiger charge is -2.21. The van der Waals surface area contributed by atoms with E-state index in [4.69, 9.17) is 9.47 Å². The normalized spacial score (nSPS) is 12.5. The quantitative estimate of drug-likeness (QED) is 0.495. The molecule has 0 bridgehead atoms. The average molecular weight is 421 g/mol.